The lowest BCUT2D eigenvalue weighted by molar-refractivity contribution is 0.0620. The SMILES string of the molecule is CN(Cc1cnc(C2CCCC2)s1)C(CO)C(C)(C)C. The maximum Gasteiger partial charge on any atom is 0.0959 e. The summed E-state index contributed by atoms with van der Waals surface area (Å²) in [6.45, 7) is 7.63. The number of aromatic nitrogens is 1. The van der Waals surface area contributed by atoms with E-state index in [-0.39, 0.29) is 18.1 Å². The van der Waals surface area contributed by atoms with Crippen LogP contribution in [0, 0.1) is 5.41 Å². The Morgan fingerprint density at radius 2 is 2.05 bits per heavy atom. The van der Waals surface area contributed by atoms with E-state index in [1.807, 2.05) is 17.5 Å². The summed E-state index contributed by atoms with van der Waals surface area (Å²) in [5.74, 6) is 0.704. The van der Waals surface area contributed by atoms with Crippen molar-refractivity contribution >= 4 is 11.3 Å². The molecule has 0 radical (unpaired) electrons. The highest BCUT2D eigenvalue weighted by atomic mass is 32.1. The second-order valence-electron chi connectivity index (χ2n) is 7.13. The number of thiazole rings is 1. The van der Waals surface area contributed by atoms with E-state index in [2.05, 4.69) is 37.7 Å². The van der Waals surface area contributed by atoms with Crippen molar-refractivity contribution in [2.45, 2.75) is 65.0 Å². The molecule has 0 amide bonds. The van der Waals surface area contributed by atoms with Crippen LogP contribution in [0.15, 0.2) is 6.20 Å². The maximum absolute atomic E-state index is 9.63. The van der Waals surface area contributed by atoms with Crippen molar-refractivity contribution in [2.24, 2.45) is 5.41 Å². The zero-order chi connectivity index (χ0) is 14.8. The quantitative estimate of drug-likeness (QED) is 0.901. The first kappa shape index (κ1) is 15.9. The topological polar surface area (TPSA) is 36.4 Å². The van der Waals surface area contributed by atoms with Crippen molar-refractivity contribution in [1.82, 2.24) is 9.88 Å². The van der Waals surface area contributed by atoms with Crippen LogP contribution in [0.5, 0.6) is 0 Å². The number of aliphatic hydroxyl groups is 1. The molecule has 1 unspecified atom stereocenters. The van der Waals surface area contributed by atoms with Crippen LogP contribution in [0.25, 0.3) is 0 Å². The van der Waals surface area contributed by atoms with Crippen LogP contribution in [0.1, 0.15) is 62.3 Å². The van der Waals surface area contributed by atoms with Crippen LogP contribution in [0.3, 0.4) is 0 Å². The van der Waals surface area contributed by atoms with Crippen molar-refractivity contribution in [2.75, 3.05) is 13.7 Å². The number of rotatable bonds is 5. The Balaban J connectivity index is 1.98. The first-order valence-corrected chi connectivity index (χ1v) is 8.49. The van der Waals surface area contributed by atoms with E-state index in [9.17, 15) is 5.11 Å². The van der Waals surface area contributed by atoms with Crippen LogP contribution in [-0.4, -0.2) is 34.7 Å². The molecule has 4 heteroatoms. The maximum atomic E-state index is 9.63. The van der Waals surface area contributed by atoms with Crippen molar-refractivity contribution in [3.63, 3.8) is 0 Å². The van der Waals surface area contributed by atoms with Crippen molar-refractivity contribution in [3.8, 4) is 0 Å². The van der Waals surface area contributed by atoms with Gasteiger partial charge in [-0.05, 0) is 25.3 Å². The molecule has 1 heterocycles. The molecule has 20 heavy (non-hydrogen) atoms. The zero-order valence-corrected chi connectivity index (χ0v) is 14.0. The van der Waals surface area contributed by atoms with Crippen LogP contribution >= 0.6 is 11.3 Å². The third kappa shape index (κ3) is 3.80. The number of likely N-dealkylation sites (N-methyl/N-ethyl adjacent to an activating group) is 1. The highest BCUT2D eigenvalue weighted by molar-refractivity contribution is 7.11. The van der Waals surface area contributed by atoms with Gasteiger partial charge in [0.1, 0.15) is 0 Å². The van der Waals surface area contributed by atoms with Crippen LogP contribution < -0.4 is 0 Å². The molecule has 114 valence electrons. The smallest absolute Gasteiger partial charge is 0.0959 e. The molecule has 1 atom stereocenters. The van der Waals surface area contributed by atoms with Gasteiger partial charge in [-0.1, -0.05) is 33.6 Å². The third-order valence-electron chi connectivity index (χ3n) is 4.39. The number of hydrogen-bond donors (Lipinski definition) is 1. The minimum atomic E-state index is 0.0858. The van der Waals surface area contributed by atoms with E-state index in [4.69, 9.17) is 0 Å². The van der Waals surface area contributed by atoms with E-state index < -0.39 is 0 Å². The van der Waals surface area contributed by atoms with E-state index in [1.165, 1.54) is 35.6 Å². The Bertz CT molecular complexity index is 418. The number of aliphatic hydroxyl groups excluding tert-OH is 1. The lowest BCUT2D eigenvalue weighted by Crippen LogP contribution is -2.43. The summed E-state index contributed by atoms with van der Waals surface area (Å²) < 4.78 is 0. The van der Waals surface area contributed by atoms with Crippen molar-refractivity contribution < 1.29 is 5.11 Å². The Hall–Kier alpha value is -0.450. The average Bonchev–Trinajstić information content (AvgIpc) is 2.96. The molecule has 0 saturated heterocycles. The zero-order valence-electron chi connectivity index (χ0n) is 13.2. The average molecular weight is 296 g/mol. The molecule has 0 aliphatic heterocycles. The molecule has 1 aliphatic rings. The summed E-state index contributed by atoms with van der Waals surface area (Å²) in [6, 6.07) is 0.180. The molecule has 1 N–H and O–H groups in total. The van der Waals surface area contributed by atoms with Gasteiger partial charge in [-0.3, -0.25) is 4.90 Å². The third-order valence-corrected chi connectivity index (χ3v) is 5.53. The molecular weight excluding hydrogens is 268 g/mol. The summed E-state index contributed by atoms with van der Waals surface area (Å²) >= 11 is 1.86. The molecule has 1 aromatic heterocycles. The second kappa shape index (κ2) is 6.54. The van der Waals surface area contributed by atoms with Gasteiger partial charge < -0.3 is 5.11 Å². The van der Waals surface area contributed by atoms with Crippen molar-refractivity contribution in [1.29, 1.82) is 0 Å². The van der Waals surface area contributed by atoms with Gasteiger partial charge in [-0.2, -0.15) is 0 Å². The fraction of sp³-hybridized carbons (Fsp3) is 0.812. The molecule has 1 saturated carbocycles. The highest BCUT2D eigenvalue weighted by Crippen LogP contribution is 2.36. The molecule has 1 aromatic rings. The van der Waals surface area contributed by atoms with Gasteiger partial charge in [0.15, 0.2) is 0 Å². The van der Waals surface area contributed by atoms with Gasteiger partial charge in [0, 0.05) is 29.6 Å². The van der Waals surface area contributed by atoms with E-state index in [1.54, 1.807) is 0 Å². The van der Waals surface area contributed by atoms with Gasteiger partial charge in [-0.25, -0.2) is 4.98 Å². The summed E-state index contributed by atoms with van der Waals surface area (Å²) in [5, 5.41) is 11.0. The van der Waals surface area contributed by atoms with Crippen LogP contribution in [-0.2, 0) is 6.54 Å². The van der Waals surface area contributed by atoms with Gasteiger partial charge in [-0.15, -0.1) is 11.3 Å². The summed E-state index contributed by atoms with van der Waals surface area (Å²) in [4.78, 5) is 8.20. The molecule has 0 aromatic carbocycles. The largest absolute Gasteiger partial charge is 0.395 e. The van der Waals surface area contributed by atoms with Crippen molar-refractivity contribution in [3.05, 3.63) is 16.1 Å². The number of hydrogen-bond acceptors (Lipinski definition) is 4. The summed E-state index contributed by atoms with van der Waals surface area (Å²) in [5.41, 5.74) is 0.0858. The standard InChI is InChI=1S/C16H28N2OS/c1-16(2,3)14(11-19)18(4)10-13-9-17-15(20-13)12-7-5-6-8-12/h9,12,14,19H,5-8,10-11H2,1-4H3. The highest BCUT2D eigenvalue weighted by Gasteiger charge is 2.28. The lowest BCUT2D eigenvalue weighted by atomic mass is 9.86. The predicted molar refractivity (Wildman–Crippen MR) is 85.1 cm³/mol. The Labute approximate surface area is 127 Å². The number of nitrogens with zero attached hydrogens (tertiary/aromatic N) is 2. The predicted octanol–water partition coefficient (Wildman–Crippen LogP) is 3.64. The second-order valence-corrected chi connectivity index (χ2v) is 8.27. The molecule has 1 aliphatic carbocycles. The Morgan fingerprint density at radius 1 is 1.40 bits per heavy atom. The molecule has 2 rings (SSSR count). The first-order chi connectivity index (χ1) is 9.41. The van der Waals surface area contributed by atoms with E-state index >= 15 is 0 Å². The van der Waals surface area contributed by atoms with E-state index in [0.717, 1.165) is 6.54 Å². The minimum Gasteiger partial charge on any atom is -0.395 e. The Morgan fingerprint density at radius 3 is 2.60 bits per heavy atom. The van der Waals surface area contributed by atoms with Gasteiger partial charge in [0.25, 0.3) is 0 Å². The summed E-state index contributed by atoms with van der Waals surface area (Å²) in [7, 11) is 2.10. The molecule has 0 bridgehead atoms. The normalized spacial score (nSPS) is 18.9. The molecular formula is C16H28N2OS. The molecule has 1 fully saturated rings. The fourth-order valence-corrected chi connectivity index (χ4v) is 4.34. The molecule has 3 nitrogen and oxygen atoms in total. The molecule has 0 spiro atoms. The Kier molecular flexibility index (Phi) is 5.21. The van der Waals surface area contributed by atoms with Crippen LogP contribution in [0.2, 0.25) is 0 Å². The van der Waals surface area contributed by atoms with E-state index in [0.29, 0.717) is 5.92 Å². The lowest BCUT2D eigenvalue weighted by Gasteiger charge is -2.36. The fourth-order valence-electron chi connectivity index (χ4n) is 3.19. The minimum absolute atomic E-state index is 0.0858. The summed E-state index contributed by atoms with van der Waals surface area (Å²) in [6.07, 6.45) is 7.37. The van der Waals surface area contributed by atoms with Gasteiger partial charge in [0.2, 0.25) is 0 Å². The van der Waals surface area contributed by atoms with Crippen LogP contribution in [0.4, 0.5) is 0 Å². The van der Waals surface area contributed by atoms with Gasteiger partial charge in [0.05, 0.1) is 11.6 Å². The monoisotopic (exact) mass is 296 g/mol. The first-order valence-electron chi connectivity index (χ1n) is 7.67. The van der Waals surface area contributed by atoms with Gasteiger partial charge >= 0.3 is 0 Å².